The molecule has 1 aliphatic carbocycles. The zero-order valence-corrected chi connectivity index (χ0v) is 23.4. The fourth-order valence-corrected chi connectivity index (χ4v) is 5.27. The number of carbonyl (C=O) groups is 1. The van der Waals surface area contributed by atoms with Gasteiger partial charge in [0.25, 0.3) is 5.91 Å². The summed E-state index contributed by atoms with van der Waals surface area (Å²) < 4.78 is 19.1. The van der Waals surface area contributed by atoms with Crippen LogP contribution in [-0.2, 0) is 11.2 Å². The summed E-state index contributed by atoms with van der Waals surface area (Å²) in [5.74, 6) is -0.584. The molecular formula is C30H30ClFN4O4. The van der Waals surface area contributed by atoms with Gasteiger partial charge in [-0.25, -0.2) is 9.37 Å². The van der Waals surface area contributed by atoms with Crippen molar-refractivity contribution >= 4 is 28.4 Å². The van der Waals surface area contributed by atoms with Gasteiger partial charge in [0, 0.05) is 22.1 Å². The molecule has 0 aliphatic heterocycles. The molecule has 0 spiro atoms. The van der Waals surface area contributed by atoms with Crippen LogP contribution in [0.3, 0.4) is 0 Å². The molecular weight excluding hydrogens is 535 g/mol. The number of benzene rings is 2. The summed E-state index contributed by atoms with van der Waals surface area (Å²) in [6.45, 7) is 4.85. The van der Waals surface area contributed by atoms with Crippen LogP contribution < -0.4 is 10.1 Å². The van der Waals surface area contributed by atoms with Gasteiger partial charge in [-0.3, -0.25) is 4.79 Å². The molecule has 2 aromatic carbocycles. The van der Waals surface area contributed by atoms with Crippen molar-refractivity contribution < 1.29 is 24.1 Å². The third-order valence-corrected chi connectivity index (χ3v) is 7.59. The van der Waals surface area contributed by atoms with Crippen LogP contribution in [0, 0.1) is 18.7 Å². The van der Waals surface area contributed by atoms with Crippen LogP contribution in [-0.4, -0.2) is 45.0 Å². The van der Waals surface area contributed by atoms with Gasteiger partial charge in [0.05, 0.1) is 41.4 Å². The number of nitrogens with zero attached hydrogens (tertiary/aromatic N) is 3. The molecule has 4 aromatic rings. The number of hydrogen-bond donors (Lipinski definition) is 3. The molecule has 1 aliphatic rings. The number of methoxy groups -OCH3 is 1. The lowest BCUT2D eigenvalue weighted by molar-refractivity contribution is 0.00889. The van der Waals surface area contributed by atoms with Gasteiger partial charge in [-0.05, 0) is 88.1 Å². The maximum atomic E-state index is 13.6. The Balaban J connectivity index is 1.52. The number of ether oxygens (including phenoxy) is 1. The van der Waals surface area contributed by atoms with Crippen LogP contribution in [0.4, 0.5) is 4.39 Å². The quantitative estimate of drug-likeness (QED) is 0.274. The highest BCUT2D eigenvalue weighted by Crippen LogP contribution is 2.47. The van der Waals surface area contributed by atoms with Crippen molar-refractivity contribution in [3.63, 3.8) is 0 Å². The Morgan fingerprint density at radius 2 is 1.82 bits per heavy atom. The van der Waals surface area contributed by atoms with Crippen LogP contribution >= 0.6 is 11.6 Å². The minimum Gasteiger partial charge on any atom is -0.494 e. The fraction of sp³-hybridized carbons (Fsp3) is 0.333. The molecule has 1 fully saturated rings. The van der Waals surface area contributed by atoms with Crippen LogP contribution in [0.1, 0.15) is 54.0 Å². The lowest BCUT2D eigenvalue weighted by atomic mass is 9.88. The Bertz CT molecular complexity index is 1600. The van der Waals surface area contributed by atoms with Crippen molar-refractivity contribution in [1.29, 1.82) is 0 Å². The molecule has 8 nitrogen and oxygen atoms in total. The normalized spacial score (nSPS) is 15.1. The minimum absolute atomic E-state index is 0.132. The molecule has 0 bridgehead atoms. The lowest BCUT2D eigenvalue weighted by Gasteiger charge is -2.31. The Labute approximate surface area is 236 Å². The fourth-order valence-electron chi connectivity index (χ4n) is 4.83. The molecule has 2 heterocycles. The Morgan fingerprint density at radius 1 is 1.12 bits per heavy atom. The summed E-state index contributed by atoms with van der Waals surface area (Å²) in [6, 6.07) is 12.3. The number of aromatic nitrogens is 3. The number of hydrogen-bond acceptors (Lipinski definition) is 7. The third kappa shape index (κ3) is 5.37. The van der Waals surface area contributed by atoms with Crippen LogP contribution in [0.5, 0.6) is 5.75 Å². The number of fused-ring (bicyclic) bond motifs is 1. The van der Waals surface area contributed by atoms with E-state index in [1.807, 2.05) is 13.0 Å². The second-order valence-corrected chi connectivity index (χ2v) is 11.1. The van der Waals surface area contributed by atoms with E-state index in [1.54, 1.807) is 44.2 Å². The summed E-state index contributed by atoms with van der Waals surface area (Å²) in [5, 5.41) is 34.9. The highest BCUT2D eigenvalue weighted by atomic mass is 35.5. The van der Waals surface area contributed by atoms with Crippen molar-refractivity contribution in [3.05, 3.63) is 81.9 Å². The minimum atomic E-state index is -1.54. The summed E-state index contributed by atoms with van der Waals surface area (Å²) in [7, 11) is 1.50. The van der Waals surface area contributed by atoms with E-state index in [2.05, 4.69) is 15.5 Å². The van der Waals surface area contributed by atoms with E-state index in [0.29, 0.717) is 44.7 Å². The molecule has 5 rings (SSSR count). The van der Waals surface area contributed by atoms with Crippen LogP contribution in [0.25, 0.3) is 22.2 Å². The number of carbonyl (C=O) groups excluding carboxylic acids is 1. The molecule has 1 atom stereocenters. The van der Waals surface area contributed by atoms with Gasteiger partial charge < -0.3 is 20.3 Å². The van der Waals surface area contributed by atoms with Crippen molar-refractivity contribution in [3.8, 4) is 17.0 Å². The van der Waals surface area contributed by atoms with E-state index >= 15 is 0 Å². The van der Waals surface area contributed by atoms with E-state index in [4.69, 9.17) is 21.3 Å². The summed E-state index contributed by atoms with van der Waals surface area (Å²) in [6.07, 6.45) is 1.48. The molecule has 1 amide bonds. The Morgan fingerprint density at radius 3 is 2.45 bits per heavy atom. The smallest absolute Gasteiger partial charge is 0.251 e. The zero-order chi connectivity index (χ0) is 28.8. The molecule has 3 N–H and O–H groups in total. The standard InChI is InChI=1S/C30H30ClFN4O4/c1-16-11-18-12-19(13-23(40-4)26(18)36-35-16)28(37)33-15-30(39,20-7-8-20)24-14-22(29(2,3)38)25(31)27(34-24)17-5-9-21(32)10-6-17/h5-6,9-14,20,38-39H,7-8,15H2,1-4H3,(H,33,37)/t30-/m1/s1. The third-order valence-electron chi connectivity index (χ3n) is 7.21. The number of pyridine rings is 1. The summed E-state index contributed by atoms with van der Waals surface area (Å²) >= 11 is 6.69. The second-order valence-electron chi connectivity index (χ2n) is 10.8. The average molecular weight is 565 g/mol. The van der Waals surface area contributed by atoms with E-state index in [-0.39, 0.29) is 23.2 Å². The first kappa shape index (κ1) is 27.9. The molecule has 0 saturated heterocycles. The van der Waals surface area contributed by atoms with Gasteiger partial charge in [-0.15, -0.1) is 5.10 Å². The average Bonchev–Trinajstić information content (AvgIpc) is 3.77. The number of amides is 1. The maximum Gasteiger partial charge on any atom is 0.251 e. The number of aliphatic hydroxyl groups is 2. The largest absolute Gasteiger partial charge is 0.494 e. The maximum absolute atomic E-state index is 13.6. The molecule has 0 unspecified atom stereocenters. The Kier molecular flexibility index (Phi) is 7.24. The topological polar surface area (TPSA) is 117 Å². The van der Waals surface area contributed by atoms with E-state index in [0.717, 1.165) is 12.8 Å². The Hall–Kier alpha value is -3.66. The number of aryl methyl sites for hydroxylation is 1. The number of rotatable bonds is 8. The van der Waals surface area contributed by atoms with Gasteiger partial charge in [-0.2, -0.15) is 5.10 Å². The van der Waals surface area contributed by atoms with Crippen molar-refractivity contribution in [1.82, 2.24) is 20.5 Å². The summed E-state index contributed by atoms with van der Waals surface area (Å²) in [5.41, 5.74) is 0.124. The second kappa shape index (κ2) is 10.4. The zero-order valence-electron chi connectivity index (χ0n) is 22.6. The highest BCUT2D eigenvalue weighted by molar-refractivity contribution is 6.34. The van der Waals surface area contributed by atoms with Gasteiger partial charge >= 0.3 is 0 Å². The molecule has 208 valence electrons. The van der Waals surface area contributed by atoms with Crippen LogP contribution in [0.2, 0.25) is 5.02 Å². The SMILES string of the molecule is COc1cc(C(=O)NC[C@](O)(c2cc(C(C)(C)O)c(Cl)c(-c3ccc(F)cc3)n2)C2CC2)cc2cc(C)nnc12. The molecule has 40 heavy (non-hydrogen) atoms. The van der Waals surface area contributed by atoms with Gasteiger partial charge in [0.15, 0.2) is 0 Å². The molecule has 2 aromatic heterocycles. The first-order chi connectivity index (χ1) is 18.9. The van der Waals surface area contributed by atoms with E-state index in [9.17, 15) is 19.4 Å². The predicted molar refractivity (Wildman–Crippen MR) is 150 cm³/mol. The molecule has 10 heteroatoms. The van der Waals surface area contributed by atoms with Crippen LogP contribution in [0.15, 0.2) is 48.5 Å². The summed E-state index contributed by atoms with van der Waals surface area (Å²) in [4.78, 5) is 18.0. The van der Waals surface area contributed by atoms with E-state index in [1.165, 1.54) is 19.2 Å². The molecule has 1 saturated carbocycles. The number of nitrogens with one attached hydrogen (secondary N) is 1. The van der Waals surface area contributed by atoms with Crippen molar-refractivity contribution in [2.24, 2.45) is 5.92 Å². The first-order valence-electron chi connectivity index (χ1n) is 12.9. The lowest BCUT2D eigenvalue weighted by Crippen LogP contribution is -2.43. The van der Waals surface area contributed by atoms with Gasteiger partial charge in [0.2, 0.25) is 0 Å². The van der Waals surface area contributed by atoms with Gasteiger partial charge in [-0.1, -0.05) is 11.6 Å². The van der Waals surface area contributed by atoms with Crippen molar-refractivity contribution in [2.75, 3.05) is 13.7 Å². The van der Waals surface area contributed by atoms with E-state index < -0.39 is 22.9 Å². The van der Waals surface area contributed by atoms with Gasteiger partial charge in [0.1, 0.15) is 22.7 Å². The molecule has 0 radical (unpaired) electrons. The first-order valence-corrected chi connectivity index (χ1v) is 13.3. The monoisotopic (exact) mass is 564 g/mol. The highest BCUT2D eigenvalue weighted by Gasteiger charge is 2.47. The predicted octanol–water partition coefficient (Wildman–Crippen LogP) is 5.06. The van der Waals surface area contributed by atoms with Crippen molar-refractivity contribution in [2.45, 2.75) is 44.8 Å². The number of halogens is 2.